The van der Waals surface area contributed by atoms with Crippen LogP contribution in [-0.2, 0) is 6.42 Å². The lowest BCUT2D eigenvalue weighted by Crippen LogP contribution is -2.32. The summed E-state index contributed by atoms with van der Waals surface area (Å²) >= 11 is 0. The second-order valence-corrected chi connectivity index (χ2v) is 7.35. The van der Waals surface area contributed by atoms with Crippen LogP contribution in [0.25, 0.3) is 11.1 Å². The topological polar surface area (TPSA) is 82.5 Å². The number of aromatic carboxylic acids is 1. The van der Waals surface area contributed by atoms with E-state index in [-0.39, 0.29) is 30.9 Å². The number of aromatic nitrogens is 1. The molecule has 0 bridgehead atoms. The lowest BCUT2D eigenvalue weighted by Gasteiger charge is -2.17. The number of carboxylic acid groups (broad SMARTS) is 1. The molecule has 31 heavy (non-hydrogen) atoms. The summed E-state index contributed by atoms with van der Waals surface area (Å²) in [5.74, 6) is -0.912. The van der Waals surface area contributed by atoms with Crippen molar-refractivity contribution in [3.8, 4) is 11.1 Å². The Kier molecular flexibility index (Phi) is 10.7. The molecule has 0 saturated carbocycles. The number of aryl methyl sites for hydroxylation is 1. The maximum absolute atomic E-state index is 11.1. The molecule has 1 aromatic heterocycles. The van der Waals surface area contributed by atoms with Gasteiger partial charge in [-0.15, -0.1) is 24.8 Å². The monoisotopic (exact) mass is 462 g/mol. The molecule has 2 aromatic carbocycles. The average molecular weight is 463 g/mol. The Hall–Kier alpha value is -2.44. The molecule has 0 saturated heterocycles. The molecular weight excluding hydrogens is 435 g/mol. The number of hydrogen-bond donors (Lipinski definition) is 3. The number of carboxylic acids is 1. The first-order valence-corrected chi connectivity index (χ1v) is 9.68. The van der Waals surface area contributed by atoms with Crippen LogP contribution in [0.4, 0.5) is 0 Å². The molecule has 0 fully saturated rings. The molecule has 5 nitrogen and oxygen atoms in total. The minimum atomic E-state index is -0.912. The molecule has 0 aliphatic heterocycles. The van der Waals surface area contributed by atoms with E-state index in [1.165, 1.54) is 5.56 Å². The van der Waals surface area contributed by atoms with E-state index < -0.39 is 12.1 Å². The lowest BCUT2D eigenvalue weighted by molar-refractivity contribution is 0.0697. The Bertz CT molecular complexity index is 966. The van der Waals surface area contributed by atoms with Gasteiger partial charge in [0.1, 0.15) is 0 Å². The van der Waals surface area contributed by atoms with E-state index in [1.54, 1.807) is 24.5 Å². The molecular formula is C24H28Cl2N2O3. The minimum absolute atomic E-state index is 0. The average Bonchev–Trinajstić information content (AvgIpc) is 2.73. The second-order valence-electron chi connectivity index (χ2n) is 7.35. The molecule has 1 heterocycles. The molecule has 3 rings (SSSR count). The van der Waals surface area contributed by atoms with Crippen LogP contribution >= 0.6 is 24.8 Å². The van der Waals surface area contributed by atoms with Gasteiger partial charge >= 0.3 is 5.97 Å². The van der Waals surface area contributed by atoms with Gasteiger partial charge in [0.25, 0.3) is 0 Å². The van der Waals surface area contributed by atoms with Crippen LogP contribution in [0.2, 0.25) is 0 Å². The molecule has 0 unspecified atom stereocenters. The number of nitrogens with one attached hydrogen (secondary N) is 1. The van der Waals surface area contributed by atoms with Crippen LogP contribution in [0.1, 0.15) is 40.1 Å². The van der Waals surface area contributed by atoms with Crippen LogP contribution < -0.4 is 5.32 Å². The highest BCUT2D eigenvalue weighted by Gasteiger charge is 2.11. The number of halogens is 2. The summed E-state index contributed by atoms with van der Waals surface area (Å²) in [6.45, 7) is 4.49. The standard InChI is InChI=1S/C24H26N2O3.2ClH/c1-16-12-20(24(28)29)9-10-22(16)19-7-5-18(6-8-19)13-17(2)26-15-23(27)21-4-3-11-25-14-21;;/h3-12,14,17,23,26-27H,13,15H2,1-2H3,(H,28,29);2*1H/t17-,23-;;/m1../s1. The molecule has 2 atom stereocenters. The zero-order chi connectivity index (χ0) is 20.8. The van der Waals surface area contributed by atoms with Gasteiger partial charge in [0.2, 0.25) is 0 Å². The molecule has 0 amide bonds. The number of benzene rings is 2. The summed E-state index contributed by atoms with van der Waals surface area (Å²) in [5, 5.41) is 22.7. The van der Waals surface area contributed by atoms with Gasteiger partial charge in [-0.3, -0.25) is 4.98 Å². The van der Waals surface area contributed by atoms with Crippen molar-refractivity contribution in [1.29, 1.82) is 0 Å². The van der Waals surface area contributed by atoms with E-state index in [4.69, 9.17) is 5.11 Å². The lowest BCUT2D eigenvalue weighted by atomic mass is 9.96. The van der Waals surface area contributed by atoms with Gasteiger partial charge in [-0.05, 0) is 60.7 Å². The predicted molar refractivity (Wildman–Crippen MR) is 128 cm³/mol. The molecule has 3 aromatic rings. The molecule has 3 N–H and O–H groups in total. The van der Waals surface area contributed by atoms with Crippen molar-refractivity contribution in [2.24, 2.45) is 0 Å². The zero-order valence-electron chi connectivity index (χ0n) is 17.5. The minimum Gasteiger partial charge on any atom is -0.478 e. The van der Waals surface area contributed by atoms with Crippen molar-refractivity contribution in [3.05, 3.63) is 89.2 Å². The van der Waals surface area contributed by atoms with Crippen molar-refractivity contribution in [1.82, 2.24) is 10.3 Å². The van der Waals surface area contributed by atoms with E-state index in [1.807, 2.05) is 25.1 Å². The summed E-state index contributed by atoms with van der Waals surface area (Å²) in [7, 11) is 0. The Labute approximate surface area is 195 Å². The Morgan fingerprint density at radius 2 is 1.81 bits per heavy atom. The first kappa shape index (κ1) is 26.6. The summed E-state index contributed by atoms with van der Waals surface area (Å²) < 4.78 is 0. The van der Waals surface area contributed by atoms with Crippen molar-refractivity contribution in [2.45, 2.75) is 32.4 Å². The van der Waals surface area contributed by atoms with Crippen LogP contribution in [0.15, 0.2) is 67.0 Å². The second kappa shape index (κ2) is 12.4. The Balaban J connectivity index is 0.00000240. The van der Waals surface area contributed by atoms with Gasteiger partial charge in [-0.25, -0.2) is 4.79 Å². The van der Waals surface area contributed by atoms with E-state index >= 15 is 0 Å². The largest absolute Gasteiger partial charge is 0.478 e. The maximum atomic E-state index is 11.1. The SMILES string of the molecule is Cc1cc(C(=O)O)ccc1-c1ccc(C[C@@H](C)NC[C@@H](O)c2cccnc2)cc1.Cl.Cl. The zero-order valence-corrected chi connectivity index (χ0v) is 19.1. The van der Waals surface area contributed by atoms with Crippen LogP contribution in [0.5, 0.6) is 0 Å². The fraction of sp³-hybridized carbons (Fsp3) is 0.250. The van der Waals surface area contributed by atoms with E-state index in [9.17, 15) is 9.90 Å². The van der Waals surface area contributed by atoms with Gasteiger partial charge in [-0.2, -0.15) is 0 Å². The molecule has 0 aliphatic carbocycles. The fourth-order valence-corrected chi connectivity index (χ4v) is 3.37. The quantitative estimate of drug-likeness (QED) is 0.445. The third kappa shape index (κ3) is 7.33. The van der Waals surface area contributed by atoms with Crippen molar-refractivity contribution in [3.63, 3.8) is 0 Å². The normalized spacial score (nSPS) is 12.2. The smallest absolute Gasteiger partial charge is 0.335 e. The highest BCUT2D eigenvalue weighted by atomic mass is 35.5. The third-order valence-electron chi connectivity index (χ3n) is 5.01. The van der Waals surface area contributed by atoms with E-state index in [0.29, 0.717) is 12.1 Å². The van der Waals surface area contributed by atoms with Crippen LogP contribution in [0.3, 0.4) is 0 Å². The van der Waals surface area contributed by atoms with Crippen LogP contribution in [-0.4, -0.2) is 33.8 Å². The van der Waals surface area contributed by atoms with Gasteiger partial charge in [0.05, 0.1) is 11.7 Å². The first-order valence-electron chi connectivity index (χ1n) is 9.68. The Morgan fingerprint density at radius 1 is 1.10 bits per heavy atom. The molecule has 7 heteroatoms. The number of rotatable bonds is 8. The number of aliphatic hydroxyl groups excluding tert-OH is 1. The first-order chi connectivity index (χ1) is 13.9. The van der Waals surface area contributed by atoms with Crippen molar-refractivity contribution in [2.75, 3.05) is 6.54 Å². The Morgan fingerprint density at radius 3 is 2.39 bits per heavy atom. The third-order valence-corrected chi connectivity index (χ3v) is 5.01. The fourth-order valence-electron chi connectivity index (χ4n) is 3.37. The number of aliphatic hydroxyl groups is 1. The number of pyridine rings is 1. The van der Waals surface area contributed by atoms with E-state index in [0.717, 1.165) is 28.7 Å². The highest BCUT2D eigenvalue weighted by molar-refractivity contribution is 5.89. The molecule has 0 spiro atoms. The maximum Gasteiger partial charge on any atom is 0.335 e. The summed E-state index contributed by atoms with van der Waals surface area (Å²) in [4.78, 5) is 15.1. The number of nitrogens with zero attached hydrogens (tertiary/aromatic N) is 1. The summed E-state index contributed by atoms with van der Waals surface area (Å²) in [6.07, 6.45) is 3.64. The molecule has 0 radical (unpaired) electrons. The van der Waals surface area contributed by atoms with Crippen molar-refractivity contribution < 1.29 is 15.0 Å². The summed E-state index contributed by atoms with van der Waals surface area (Å²) in [6, 6.07) is 17.4. The highest BCUT2D eigenvalue weighted by Crippen LogP contribution is 2.25. The van der Waals surface area contributed by atoms with Crippen LogP contribution in [0, 0.1) is 6.92 Å². The van der Waals surface area contributed by atoms with Gasteiger partial charge in [0, 0.05) is 30.5 Å². The summed E-state index contributed by atoms with van der Waals surface area (Å²) in [5.41, 5.74) is 5.35. The predicted octanol–water partition coefficient (Wildman–Crippen LogP) is 4.85. The number of hydrogen-bond acceptors (Lipinski definition) is 4. The molecule has 0 aliphatic rings. The van der Waals surface area contributed by atoms with Gasteiger partial charge in [-0.1, -0.05) is 36.4 Å². The van der Waals surface area contributed by atoms with E-state index in [2.05, 4.69) is 41.5 Å². The number of carbonyl (C=O) groups is 1. The molecule has 166 valence electrons. The van der Waals surface area contributed by atoms with Gasteiger partial charge in [0.15, 0.2) is 0 Å². The van der Waals surface area contributed by atoms with Crippen molar-refractivity contribution >= 4 is 30.8 Å². The van der Waals surface area contributed by atoms with Gasteiger partial charge < -0.3 is 15.5 Å².